The summed E-state index contributed by atoms with van der Waals surface area (Å²) in [6.45, 7) is 2.22. The third-order valence-electron chi connectivity index (χ3n) is 6.19. The van der Waals surface area contributed by atoms with Gasteiger partial charge in [-0.25, -0.2) is 27.1 Å². The minimum atomic E-state index is -4.05. The van der Waals surface area contributed by atoms with E-state index in [0.29, 0.717) is 11.4 Å². The van der Waals surface area contributed by atoms with Crippen molar-refractivity contribution in [3.05, 3.63) is 120 Å². The van der Waals surface area contributed by atoms with E-state index in [2.05, 4.69) is 31.1 Å². The van der Waals surface area contributed by atoms with Crippen LogP contribution in [0.5, 0.6) is 11.5 Å². The molecule has 53 heavy (non-hydrogen) atoms. The zero-order chi connectivity index (χ0) is 38.6. The number of para-hydroxylation sites is 2. The number of hydrogen-bond acceptors (Lipinski definition) is 14. The maximum atomic E-state index is 12.2. The van der Waals surface area contributed by atoms with Crippen LogP contribution in [0.25, 0.3) is 0 Å². The average Bonchev–Trinajstić information content (AvgIpc) is 3.06. The maximum Gasteiger partial charge on any atom is 2.00 e. The molecular weight excluding hydrogens is 779 g/mol. The van der Waals surface area contributed by atoms with Crippen LogP contribution in [0.4, 0.5) is 22.7 Å². The predicted molar refractivity (Wildman–Crippen MR) is 181 cm³/mol. The number of nitrogens with one attached hydrogen (secondary N) is 2. The van der Waals surface area contributed by atoms with Crippen molar-refractivity contribution in [2.75, 3.05) is 10.6 Å². The van der Waals surface area contributed by atoms with Gasteiger partial charge in [0, 0.05) is 11.4 Å². The summed E-state index contributed by atoms with van der Waals surface area (Å²) in [4.78, 5) is 23.7. The van der Waals surface area contributed by atoms with Gasteiger partial charge in [-0.1, -0.05) is 73.9 Å². The number of sulfonamides is 2. The van der Waals surface area contributed by atoms with E-state index in [1.54, 1.807) is 60.7 Å². The summed E-state index contributed by atoms with van der Waals surface area (Å²) >= 11 is 0. The molecule has 2 amide bonds. The molecular formula is C32H30CoN8O10S2. The summed E-state index contributed by atoms with van der Waals surface area (Å²) in [6, 6.07) is 22.5. The monoisotopic (exact) mass is 809 g/mol. The van der Waals surface area contributed by atoms with Crippen LogP contribution in [-0.2, 0) is 46.4 Å². The van der Waals surface area contributed by atoms with Crippen molar-refractivity contribution in [1.29, 1.82) is 0 Å². The van der Waals surface area contributed by atoms with Gasteiger partial charge in [0.2, 0.25) is 20.0 Å². The van der Waals surface area contributed by atoms with Crippen molar-refractivity contribution in [2.24, 2.45) is 30.7 Å². The maximum absolute atomic E-state index is 12.2. The smallest absolute Gasteiger partial charge is 0.874 e. The van der Waals surface area contributed by atoms with Crippen LogP contribution in [0.15, 0.2) is 150 Å². The summed E-state index contributed by atoms with van der Waals surface area (Å²) < 4.78 is 45.3. The molecule has 0 bridgehead atoms. The Labute approximate surface area is 316 Å². The number of amides is 2. The van der Waals surface area contributed by atoms with Crippen molar-refractivity contribution < 1.29 is 66.5 Å². The largest absolute Gasteiger partial charge is 2.00 e. The van der Waals surface area contributed by atoms with Crippen molar-refractivity contribution >= 4 is 54.6 Å². The van der Waals surface area contributed by atoms with Crippen LogP contribution < -0.4 is 41.3 Å². The average molecular weight is 810 g/mol. The Morgan fingerprint density at radius 1 is 0.604 bits per heavy atom. The number of nitrogens with two attached hydrogens (primary N) is 2. The van der Waals surface area contributed by atoms with Crippen LogP contribution in [-0.4, -0.2) is 28.6 Å². The standard InChI is InChI=1S/2C16H16N4O5S.Co/c2*1-10(21)15(16(23)18-11-5-3-2-4-6-11)20-19-13-9-12(26(17,24)25)7-8-14(13)22;/h2*2-9,21-22H,1H3,(H,18,23)(H2,17,24,25);/q;;+2/p-2. The molecule has 4 aromatic carbocycles. The molecule has 0 fully saturated rings. The van der Waals surface area contributed by atoms with Crippen LogP contribution in [0.1, 0.15) is 16.7 Å². The summed E-state index contributed by atoms with van der Waals surface area (Å²) in [5.41, 5.74) is -0.964. The SMILES string of the molecule is CC([O-])=C(N=Nc1cc(S(N)(=O)=O)ccc1[O-])C(=O)Nc1ccccc1.CC([O-])=C(N=Nc1cc(S(N)(=O)=O)ccc1[O-])C(=O)Nc1ccccc1.[Co+2].[H+].[H+]. The molecule has 0 spiro atoms. The van der Waals surface area contributed by atoms with E-state index < -0.39 is 66.3 Å². The Morgan fingerprint density at radius 2 is 0.925 bits per heavy atom. The second-order valence-corrected chi connectivity index (χ2v) is 13.3. The fraction of sp³-hybridized carbons (Fsp3) is 0.0625. The zero-order valence-corrected chi connectivity index (χ0v) is 30.1. The number of benzene rings is 4. The second kappa shape index (κ2) is 19.0. The van der Waals surface area contributed by atoms with Gasteiger partial charge < -0.3 is 31.1 Å². The van der Waals surface area contributed by atoms with Crippen LogP contribution in [0.2, 0.25) is 0 Å². The second-order valence-electron chi connectivity index (χ2n) is 10.2. The van der Waals surface area contributed by atoms with Gasteiger partial charge in [-0.3, -0.25) is 9.59 Å². The molecule has 0 atom stereocenters. The number of carbonyl (C=O) groups is 2. The topological polar surface area (TPSA) is 320 Å². The van der Waals surface area contributed by atoms with Crippen molar-refractivity contribution in [1.82, 2.24) is 0 Å². The first kappa shape index (κ1) is 43.2. The van der Waals surface area contributed by atoms with Gasteiger partial charge in [-0.15, -0.1) is 21.7 Å². The molecule has 0 unspecified atom stereocenters. The van der Waals surface area contributed by atoms with Crippen LogP contribution in [0, 0.1) is 0 Å². The van der Waals surface area contributed by atoms with E-state index in [-0.39, 0.29) is 40.8 Å². The van der Waals surface area contributed by atoms with Crippen molar-refractivity contribution in [3.8, 4) is 11.5 Å². The number of carbonyl (C=O) groups excluding carboxylic acids is 2. The molecule has 4 aromatic rings. The number of allylic oxidation sites excluding steroid dienone is 2. The first-order valence-corrected chi connectivity index (χ1v) is 17.5. The Morgan fingerprint density at radius 3 is 1.21 bits per heavy atom. The number of hydrogen-bond donors (Lipinski definition) is 4. The summed E-state index contributed by atoms with van der Waals surface area (Å²) in [5.74, 6) is -4.29. The van der Waals surface area contributed by atoms with Gasteiger partial charge in [0.1, 0.15) is 11.4 Å². The fourth-order valence-corrected chi connectivity index (χ4v) is 4.75. The molecule has 0 aliphatic heterocycles. The molecule has 0 aliphatic carbocycles. The molecule has 279 valence electrons. The molecule has 0 heterocycles. The van der Waals surface area contributed by atoms with Gasteiger partial charge in [-0.05, 0) is 48.5 Å². The molecule has 21 heteroatoms. The number of anilines is 2. The van der Waals surface area contributed by atoms with Crippen molar-refractivity contribution in [2.45, 2.75) is 23.6 Å². The molecule has 0 aliphatic rings. The van der Waals surface area contributed by atoms with E-state index in [1.165, 1.54) is 0 Å². The van der Waals surface area contributed by atoms with E-state index in [1.807, 2.05) is 0 Å². The Hall–Kier alpha value is -5.97. The number of azo groups is 2. The van der Waals surface area contributed by atoms with Crippen LogP contribution >= 0.6 is 0 Å². The first-order chi connectivity index (χ1) is 24.4. The van der Waals surface area contributed by atoms with Crippen LogP contribution in [0.3, 0.4) is 0 Å². The van der Waals surface area contributed by atoms with E-state index in [4.69, 9.17) is 10.3 Å². The quantitative estimate of drug-likeness (QED) is 0.102. The first-order valence-electron chi connectivity index (χ1n) is 14.4. The van der Waals surface area contributed by atoms with Gasteiger partial charge in [-0.2, -0.15) is 10.2 Å². The molecule has 0 saturated heterocycles. The molecule has 0 aromatic heterocycles. The summed E-state index contributed by atoms with van der Waals surface area (Å²) in [7, 11) is -8.10. The molecule has 0 saturated carbocycles. The predicted octanol–water partition coefficient (Wildman–Crippen LogP) is 1.67. The van der Waals surface area contributed by atoms with E-state index in [9.17, 15) is 46.9 Å². The molecule has 18 nitrogen and oxygen atoms in total. The number of nitrogens with zero attached hydrogens (tertiary/aromatic N) is 4. The Kier molecular flexibility index (Phi) is 15.5. The van der Waals surface area contributed by atoms with Gasteiger partial charge in [0.05, 0.1) is 21.2 Å². The van der Waals surface area contributed by atoms with E-state index >= 15 is 0 Å². The number of primary sulfonamides is 2. The molecule has 6 N–H and O–H groups in total. The molecule has 4 rings (SSSR count). The Bertz CT molecular complexity index is 2140. The molecule has 1 radical (unpaired) electrons. The third-order valence-corrected chi connectivity index (χ3v) is 8.02. The van der Waals surface area contributed by atoms with E-state index in [0.717, 1.165) is 50.2 Å². The minimum absolute atomic E-state index is 0. The van der Waals surface area contributed by atoms with Gasteiger partial charge >= 0.3 is 19.6 Å². The normalized spacial score (nSPS) is 12.5. The number of rotatable bonds is 10. The Balaban J connectivity index is 0.00000101. The van der Waals surface area contributed by atoms with Gasteiger partial charge in [0.15, 0.2) is 0 Å². The fourth-order valence-electron chi connectivity index (χ4n) is 3.69. The van der Waals surface area contributed by atoms with Crippen molar-refractivity contribution in [3.63, 3.8) is 0 Å². The zero-order valence-electron chi connectivity index (χ0n) is 29.4. The summed E-state index contributed by atoms with van der Waals surface area (Å²) in [5, 5.41) is 75.9. The van der Waals surface area contributed by atoms with Gasteiger partial charge in [0.25, 0.3) is 11.8 Å². The third kappa shape index (κ3) is 13.3. The summed E-state index contributed by atoms with van der Waals surface area (Å²) in [6.07, 6.45) is 0. The minimum Gasteiger partial charge on any atom is -0.874 e.